The number of hydrogen-bond donors (Lipinski definition) is 2. The number of anilines is 1. The van der Waals surface area contributed by atoms with Crippen LogP contribution in [0.4, 0.5) is 14.5 Å². The number of carboxylic acid groups (broad SMARTS) is 1. The number of likely N-dealkylation sites (N-methyl/N-ethyl adjacent to an activating group) is 1. The Labute approximate surface area is 121 Å². The van der Waals surface area contributed by atoms with Crippen LogP contribution in [0.25, 0.3) is 0 Å². The molecule has 0 aromatic heterocycles. The Morgan fingerprint density at radius 1 is 1.29 bits per heavy atom. The molecule has 0 aliphatic heterocycles. The molecule has 0 saturated carbocycles. The van der Waals surface area contributed by atoms with Gasteiger partial charge in [-0.05, 0) is 25.1 Å². The van der Waals surface area contributed by atoms with Crippen molar-refractivity contribution in [2.45, 2.75) is 26.3 Å². The van der Waals surface area contributed by atoms with Crippen molar-refractivity contribution in [1.29, 1.82) is 0 Å². The van der Waals surface area contributed by atoms with Crippen molar-refractivity contribution in [1.82, 2.24) is 4.90 Å². The summed E-state index contributed by atoms with van der Waals surface area (Å²) >= 11 is 0. The molecule has 1 aromatic rings. The van der Waals surface area contributed by atoms with Gasteiger partial charge in [0.05, 0.1) is 6.54 Å². The Hall–Kier alpha value is -2.02. The van der Waals surface area contributed by atoms with Crippen LogP contribution in [-0.2, 0) is 9.59 Å². The molecule has 1 aromatic carbocycles. The molecule has 1 atom stereocenters. The van der Waals surface area contributed by atoms with E-state index in [1.807, 2.05) is 0 Å². The topological polar surface area (TPSA) is 69.6 Å². The van der Waals surface area contributed by atoms with Gasteiger partial charge < -0.3 is 10.4 Å². The fraction of sp³-hybridized carbons (Fsp3) is 0.429. The number of nitrogens with one attached hydrogen (secondary N) is 1. The lowest BCUT2D eigenvalue weighted by molar-refractivity contribution is -0.143. The van der Waals surface area contributed by atoms with Gasteiger partial charge in [0.25, 0.3) is 0 Å². The van der Waals surface area contributed by atoms with E-state index in [1.54, 1.807) is 13.8 Å². The Morgan fingerprint density at radius 2 is 1.86 bits per heavy atom. The highest BCUT2D eigenvalue weighted by Crippen LogP contribution is 2.18. The van der Waals surface area contributed by atoms with E-state index in [1.165, 1.54) is 11.0 Å². The van der Waals surface area contributed by atoms with Gasteiger partial charge in [-0.25, -0.2) is 8.78 Å². The highest BCUT2D eigenvalue weighted by atomic mass is 19.1. The van der Waals surface area contributed by atoms with Crippen LogP contribution >= 0.6 is 0 Å². The maximum Gasteiger partial charge on any atom is 0.320 e. The maximum absolute atomic E-state index is 13.4. The highest BCUT2D eigenvalue weighted by Gasteiger charge is 2.24. The van der Waals surface area contributed by atoms with Crippen LogP contribution in [0.2, 0.25) is 0 Å². The fourth-order valence-corrected chi connectivity index (χ4v) is 2.01. The minimum absolute atomic E-state index is 0.255. The van der Waals surface area contributed by atoms with Gasteiger partial charge in [0, 0.05) is 0 Å². The van der Waals surface area contributed by atoms with Crippen LogP contribution in [0.15, 0.2) is 18.2 Å². The molecule has 1 amide bonds. The molecule has 7 heteroatoms. The summed E-state index contributed by atoms with van der Waals surface area (Å²) in [7, 11) is 0. The van der Waals surface area contributed by atoms with Gasteiger partial charge in [0.15, 0.2) is 0 Å². The Balaban J connectivity index is 2.78. The molecule has 0 aliphatic rings. The Bertz CT molecular complexity index is 503. The van der Waals surface area contributed by atoms with E-state index in [9.17, 15) is 18.4 Å². The van der Waals surface area contributed by atoms with Crippen LogP contribution in [0, 0.1) is 11.6 Å². The maximum atomic E-state index is 13.4. The SMILES string of the molecule is CCC(C(=O)O)N(CC)CC(=O)Nc1c(F)cccc1F. The molecule has 0 bridgehead atoms. The summed E-state index contributed by atoms with van der Waals surface area (Å²) in [5, 5.41) is 11.2. The van der Waals surface area contributed by atoms with Crippen LogP contribution < -0.4 is 5.32 Å². The monoisotopic (exact) mass is 300 g/mol. The minimum Gasteiger partial charge on any atom is -0.480 e. The van der Waals surface area contributed by atoms with E-state index >= 15 is 0 Å². The van der Waals surface area contributed by atoms with Crippen molar-refractivity contribution in [3.63, 3.8) is 0 Å². The van der Waals surface area contributed by atoms with E-state index in [-0.39, 0.29) is 6.54 Å². The number of nitrogens with zero attached hydrogens (tertiary/aromatic N) is 1. The summed E-state index contributed by atoms with van der Waals surface area (Å²) in [5.74, 6) is -3.46. The standard InChI is InChI=1S/C14H18F2N2O3/c1-3-11(14(20)21)18(4-2)8-12(19)17-13-9(15)6-5-7-10(13)16/h5-7,11H,3-4,8H2,1-2H3,(H,17,19)(H,20,21). The molecule has 1 unspecified atom stereocenters. The molecule has 5 nitrogen and oxygen atoms in total. The second kappa shape index (κ2) is 7.68. The third-order valence-electron chi connectivity index (χ3n) is 3.09. The number of amides is 1. The van der Waals surface area contributed by atoms with E-state index in [2.05, 4.69) is 5.32 Å². The number of rotatable bonds is 7. The molecular weight excluding hydrogens is 282 g/mol. The van der Waals surface area contributed by atoms with Gasteiger partial charge in [-0.1, -0.05) is 19.9 Å². The average Bonchev–Trinajstić information content (AvgIpc) is 2.42. The zero-order valence-electron chi connectivity index (χ0n) is 11.9. The van der Waals surface area contributed by atoms with Crippen molar-refractivity contribution in [3.8, 4) is 0 Å². The molecule has 0 heterocycles. The number of halogens is 2. The second-order valence-electron chi connectivity index (χ2n) is 4.47. The van der Waals surface area contributed by atoms with Gasteiger partial charge in [-0.2, -0.15) is 0 Å². The number of para-hydroxylation sites is 1. The van der Waals surface area contributed by atoms with Crippen molar-refractivity contribution >= 4 is 17.6 Å². The predicted octanol–water partition coefficient (Wildman–Crippen LogP) is 2.09. The van der Waals surface area contributed by atoms with Crippen molar-refractivity contribution in [2.24, 2.45) is 0 Å². The van der Waals surface area contributed by atoms with Gasteiger partial charge in [-0.15, -0.1) is 0 Å². The Morgan fingerprint density at radius 3 is 2.29 bits per heavy atom. The first kappa shape index (κ1) is 17.0. The minimum atomic E-state index is -1.04. The van der Waals surface area contributed by atoms with Gasteiger partial charge in [-0.3, -0.25) is 14.5 Å². The van der Waals surface area contributed by atoms with E-state index in [0.717, 1.165) is 12.1 Å². The summed E-state index contributed by atoms with van der Waals surface area (Å²) in [6.45, 7) is 3.48. The summed E-state index contributed by atoms with van der Waals surface area (Å²) in [6.07, 6.45) is 0.324. The number of carbonyl (C=O) groups is 2. The van der Waals surface area contributed by atoms with Gasteiger partial charge in [0.1, 0.15) is 23.4 Å². The number of aliphatic carboxylic acids is 1. The largest absolute Gasteiger partial charge is 0.480 e. The molecule has 21 heavy (non-hydrogen) atoms. The lowest BCUT2D eigenvalue weighted by Crippen LogP contribution is -2.44. The molecule has 0 saturated heterocycles. The van der Waals surface area contributed by atoms with E-state index < -0.39 is 35.2 Å². The van der Waals surface area contributed by atoms with Crippen LogP contribution in [0.1, 0.15) is 20.3 Å². The Kier molecular flexibility index (Phi) is 6.23. The van der Waals surface area contributed by atoms with Crippen LogP contribution in [0.5, 0.6) is 0 Å². The normalized spacial score (nSPS) is 12.2. The third-order valence-corrected chi connectivity index (χ3v) is 3.09. The van der Waals surface area contributed by atoms with Gasteiger partial charge in [0.2, 0.25) is 5.91 Å². The highest BCUT2D eigenvalue weighted by molar-refractivity contribution is 5.92. The summed E-state index contributed by atoms with van der Waals surface area (Å²) < 4.78 is 26.8. The van der Waals surface area contributed by atoms with Crippen molar-refractivity contribution in [3.05, 3.63) is 29.8 Å². The lowest BCUT2D eigenvalue weighted by Gasteiger charge is -2.25. The molecule has 116 valence electrons. The van der Waals surface area contributed by atoms with Crippen molar-refractivity contribution in [2.75, 3.05) is 18.4 Å². The van der Waals surface area contributed by atoms with Crippen LogP contribution in [0.3, 0.4) is 0 Å². The molecule has 0 radical (unpaired) electrons. The predicted molar refractivity (Wildman–Crippen MR) is 73.9 cm³/mol. The van der Waals surface area contributed by atoms with E-state index in [0.29, 0.717) is 13.0 Å². The number of carboxylic acids is 1. The number of carbonyl (C=O) groups excluding carboxylic acids is 1. The summed E-state index contributed by atoms with van der Waals surface area (Å²) in [4.78, 5) is 24.4. The first-order chi connectivity index (χ1) is 9.90. The third kappa shape index (κ3) is 4.49. The zero-order valence-corrected chi connectivity index (χ0v) is 11.9. The quantitative estimate of drug-likeness (QED) is 0.809. The zero-order chi connectivity index (χ0) is 16.0. The second-order valence-corrected chi connectivity index (χ2v) is 4.47. The average molecular weight is 300 g/mol. The van der Waals surface area contributed by atoms with Crippen LogP contribution in [-0.4, -0.2) is 41.0 Å². The van der Waals surface area contributed by atoms with Gasteiger partial charge >= 0.3 is 5.97 Å². The molecule has 1 rings (SSSR count). The summed E-state index contributed by atoms with van der Waals surface area (Å²) in [6, 6.07) is 2.44. The summed E-state index contributed by atoms with van der Waals surface area (Å²) in [5.41, 5.74) is -0.526. The molecule has 2 N–H and O–H groups in total. The number of hydrogen-bond acceptors (Lipinski definition) is 3. The molecule has 0 spiro atoms. The first-order valence-corrected chi connectivity index (χ1v) is 6.61. The molecular formula is C14H18F2N2O3. The smallest absolute Gasteiger partial charge is 0.320 e. The first-order valence-electron chi connectivity index (χ1n) is 6.61. The van der Waals surface area contributed by atoms with Crippen molar-refractivity contribution < 1.29 is 23.5 Å². The lowest BCUT2D eigenvalue weighted by atomic mass is 10.2. The molecule has 0 aliphatic carbocycles. The molecule has 0 fully saturated rings. The fourth-order valence-electron chi connectivity index (χ4n) is 2.01. The number of benzene rings is 1. The van der Waals surface area contributed by atoms with E-state index in [4.69, 9.17) is 5.11 Å².